The van der Waals surface area contributed by atoms with Crippen molar-refractivity contribution in [1.82, 2.24) is 0 Å². The monoisotopic (exact) mass is 324 g/mol. The van der Waals surface area contributed by atoms with Crippen LogP contribution in [0.2, 0.25) is 0 Å². The van der Waals surface area contributed by atoms with Crippen LogP contribution < -0.4 is 0 Å². The van der Waals surface area contributed by atoms with Crippen molar-refractivity contribution >= 4 is 5.97 Å². The predicted octanol–water partition coefficient (Wildman–Crippen LogP) is 4.09. The van der Waals surface area contributed by atoms with Crippen molar-refractivity contribution in [3.05, 3.63) is 12.3 Å². The Labute approximate surface area is 140 Å². The minimum absolute atomic E-state index is 0.0456. The predicted molar refractivity (Wildman–Crippen MR) is 89.9 cm³/mol. The van der Waals surface area contributed by atoms with Gasteiger partial charge in [-0.1, -0.05) is 19.8 Å². The van der Waals surface area contributed by atoms with E-state index in [2.05, 4.69) is 27.4 Å². The number of hydrogen-bond donors (Lipinski definition) is 0. The largest absolute Gasteiger partial charge is 0.483 e. The van der Waals surface area contributed by atoms with Gasteiger partial charge in [-0.25, -0.2) is 4.79 Å². The molecule has 0 aromatic heterocycles. The highest BCUT2D eigenvalue weighted by Crippen LogP contribution is 2.46. The molecule has 2 rings (SSSR count). The van der Waals surface area contributed by atoms with Crippen molar-refractivity contribution in [2.75, 3.05) is 6.61 Å². The van der Waals surface area contributed by atoms with Crippen LogP contribution in [0.3, 0.4) is 0 Å². The van der Waals surface area contributed by atoms with Gasteiger partial charge in [-0.15, -0.1) is 0 Å². The summed E-state index contributed by atoms with van der Waals surface area (Å²) in [4.78, 5) is 11.8. The zero-order valence-corrected chi connectivity index (χ0v) is 15.0. The maximum atomic E-state index is 11.8. The van der Waals surface area contributed by atoms with Crippen LogP contribution >= 0.6 is 0 Å². The maximum Gasteiger partial charge on any atom is 0.372 e. The van der Waals surface area contributed by atoms with Gasteiger partial charge in [0.15, 0.2) is 5.76 Å². The molecule has 4 nitrogen and oxygen atoms in total. The van der Waals surface area contributed by atoms with Gasteiger partial charge in [0.2, 0.25) is 0 Å². The van der Waals surface area contributed by atoms with Crippen molar-refractivity contribution in [3.63, 3.8) is 0 Å². The van der Waals surface area contributed by atoms with Crippen LogP contribution in [0, 0.1) is 17.8 Å². The Morgan fingerprint density at radius 2 is 1.87 bits per heavy atom. The number of ether oxygens (including phenoxy) is 3. The van der Waals surface area contributed by atoms with Crippen LogP contribution in [0.15, 0.2) is 12.3 Å². The van der Waals surface area contributed by atoms with Crippen LogP contribution in [0.1, 0.15) is 59.8 Å². The van der Waals surface area contributed by atoms with Crippen LogP contribution in [-0.2, 0) is 19.0 Å². The fourth-order valence-electron chi connectivity index (χ4n) is 4.29. The zero-order chi connectivity index (χ0) is 17.0. The highest BCUT2D eigenvalue weighted by Gasteiger charge is 2.46. The van der Waals surface area contributed by atoms with E-state index >= 15 is 0 Å². The van der Waals surface area contributed by atoms with Crippen molar-refractivity contribution in [2.24, 2.45) is 17.8 Å². The number of hydrogen-bond acceptors (Lipinski definition) is 4. The highest BCUT2D eigenvalue weighted by atomic mass is 16.6. The lowest BCUT2D eigenvalue weighted by atomic mass is 9.64. The Balaban J connectivity index is 2.08. The van der Waals surface area contributed by atoms with E-state index in [0.717, 1.165) is 12.8 Å². The van der Waals surface area contributed by atoms with Crippen LogP contribution in [0.25, 0.3) is 0 Å². The van der Waals surface area contributed by atoms with E-state index in [4.69, 9.17) is 14.2 Å². The summed E-state index contributed by atoms with van der Waals surface area (Å²) in [5.41, 5.74) is 0. The topological polar surface area (TPSA) is 44.8 Å². The molecular weight excluding hydrogens is 292 g/mol. The van der Waals surface area contributed by atoms with Gasteiger partial charge in [0.25, 0.3) is 0 Å². The lowest BCUT2D eigenvalue weighted by molar-refractivity contribution is -0.155. The van der Waals surface area contributed by atoms with E-state index in [1.165, 1.54) is 19.3 Å². The standard InChI is InChI=1S/C19H32O4/c1-6-21-19(20)14(5)23-18-13(4)11-17(22-12(2)3)15-9-7-8-10-16(15)18/h12-13,15-18H,5-11H2,1-4H3. The Morgan fingerprint density at radius 3 is 2.48 bits per heavy atom. The molecule has 0 spiro atoms. The molecule has 2 fully saturated rings. The highest BCUT2D eigenvalue weighted by molar-refractivity contribution is 5.85. The third kappa shape index (κ3) is 4.50. The van der Waals surface area contributed by atoms with Gasteiger partial charge in [0.05, 0.1) is 18.8 Å². The average Bonchev–Trinajstić information content (AvgIpc) is 2.50. The van der Waals surface area contributed by atoms with Crippen LogP contribution in [0.4, 0.5) is 0 Å². The van der Waals surface area contributed by atoms with Crippen LogP contribution in [-0.4, -0.2) is 30.9 Å². The Bertz CT molecular complexity index is 418. The van der Waals surface area contributed by atoms with E-state index < -0.39 is 5.97 Å². The molecule has 0 aromatic carbocycles. The third-order valence-electron chi connectivity index (χ3n) is 5.17. The lowest BCUT2D eigenvalue weighted by Gasteiger charge is -2.48. The van der Waals surface area contributed by atoms with Gasteiger partial charge < -0.3 is 14.2 Å². The molecule has 0 saturated heterocycles. The molecule has 0 aromatic rings. The van der Waals surface area contributed by atoms with Crippen LogP contribution in [0.5, 0.6) is 0 Å². The number of carbonyl (C=O) groups excluding carboxylic acids is 1. The smallest absolute Gasteiger partial charge is 0.372 e. The molecule has 132 valence electrons. The Hall–Kier alpha value is -1.03. The lowest BCUT2D eigenvalue weighted by Crippen LogP contribution is -2.49. The van der Waals surface area contributed by atoms with Gasteiger partial charge in [-0.3, -0.25) is 0 Å². The van der Waals surface area contributed by atoms with E-state index in [9.17, 15) is 4.79 Å². The van der Waals surface area contributed by atoms with Gasteiger partial charge in [-0.05, 0) is 58.4 Å². The number of esters is 1. The normalized spacial score (nSPS) is 33.9. The zero-order valence-electron chi connectivity index (χ0n) is 15.0. The van der Waals surface area contributed by atoms with Crippen molar-refractivity contribution < 1.29 is 19.0 Å². The van der Waals surface area contributed by atoms with Gasteiger partial charge in [0, 0.05) is 5.92 Å². The van der Waals surface area contributed by atoms with E-state index in [1.54, 1.807) is 6.92 Å². The molecule has 5 atom stereocenters. The SMILES string of the molecule is C=C(OC1C(C)CC(OC(C)C)C2CCCCC21)C(=O)OCC. The summed E-state index contributed by atoms with van der Waals surface area (Å²) in [7, 11) is 0. The summed E-state index contributed by atoms with van der Waals surface area (Å²) in [5, 5.41) is 0. The number of rotatable bonds is 6. The summed E-state index contributed by atoms with van der Waals surface area (Å²) in [6, 6.07) is 0. The van der Waals surface area contributed by atoms with Gasteiger partial charge in [0.1, 0.15) is 6.10 Å². The number of fused-ring (bicyclic) bond motifs is 1. The molecule has 0 amide bonds. The Morgan fingerprint density at radius 1 is 1.22 bits per heavy atom. The molecule has 5 unspecified atom stereocenters. The van der Waals surface area contributed by atoms with Crippen molar-refractivity contribution in [3.8, 4) is 0 Å². The first-order valence-electron chi connectivity index (χ1n) is 9.12. The summed E-state index contributed by atoms with van der Waals surface area (Å²) in [6.07, 6.45) is 6.43. The molecule has 23 heavy (non-hydrogen) atoms. The molecule has 0 heterocycles. The third-order valence-corrected chi connectivity index (χ3v) is 5.17. The quantitative estimate of drug-likeness (QED) is 0.419. The van der Waals surface area contributed by atoms with Gasteiger partial charge >= 0.3 is 5.97 Å². The maximum absolute atomic E-state index is 11.8. The molecule has 4 heteroatoms. The molecule has 2 aliphatic carbocycles. The molecule has 2 saturated carbocycles. The second kappa shape index (κ2) is 8.18. The number of carbonyl (C=O) groups is 1. The fourth-order valence-corrected chi connectivity index (χ4v) is 4.29. The first-order valence-corrected chi connectivity index (χ1v) is 9.12. The minimum atomic E-state index is -0.437. The molecule has 0 bridgehead atoms. The minimum Gasteiger partial charge on any atom is -0.483 e. The van der Waals surface area contributed by atoms with E-state index in [1.807, 2.05) is 0 Å². The summed E-state index contributed by atoms with van der Waals surface area (Å²) in [5.74, 6) is 1.04. The van der Waals surface area contributed by atoms with E-state index in [0.29, 0.717) is 30.5 Å². The van der Waals surface area contributed by atoms with Gasteiger partial charge in [-0.2, -0.15) is 0 Å². The summed E-state index contributed by atoms with van der Waals surface area (Å²) in [6.45, 7) is 12.3. The first-order chi connectivity index (χ1) is 10.9. The Kier molecular flexibility index (Phi) is 6.51. The first kappa shape index (κ1) is 18.3. The van der Waals surface area contributed by atoms with Crippen molar-refractivity contribution in [2.45, 2.75) is 78.1 Å². The molecular formula is C19H32O4. The second-order valence-electron chi connectivity index (χ2n) is 7.27. The molecule has 0 aliphatic heterocycles. The summed E-state index contributed by atoms with van der Waals surface area (Å²) < 4.78 is 17.2. The fraction of sp³-hybridized carbons (Fsp3) is 0.842. The van der Waals surface area contributed by atoms with Crippen molar-refractivity contribution in [1.29, 1.82) is 0 Å². The van der Waals surface area contributed by atoms with E-state index in [-0.39, 0.29) is 18.0 Å². The second-order valence-corrected chi connectivity index (χ2v) is 7.27. The molecule has 0 radical (unpaired) electrons. The molecule has 0 N–H and O–H groups in total. The molecule has 2 aliphatic rings. The average molecular weight is 324 g/mol. The summed E-state index contributed by atoms with van der Waals surface area (Å²) >= 11 is 0.